The molecule has 1 aromatic rings. The van der Waals surface area contributed by atoms with Crippen molar-refractivity contribution in [2.75, 3.05) is 38.3 Å². The number of halogens is 2. The molecule has 1 aliphatic heterocycles. The zero-order valence-corrected chi connectivity index (χ0v) is 11.5. The van der Waals surface area contributed by atoms with E-state index in [2.05, 4.69) is 0 Å². The van der Waals surface area contributed by atoms with E-state index in [0.717, 1.165) is 6.07 Å². The first-order chi connectivity index (χ1) is 10.0. The van der Waals surface area contributed by atoms with Crippen LogP contribution in [-0.2, 0) is 9.47 Å². The second kappa shape index (κ2) is 6.77. The van der Waals surface area contributed by atoms with E-state index in [9.17, 15) is 18.9 Å². The minimum absolute atomic E-state index is 0.196. The number of ether oxygens (including phenoxy) is 2. The number of anilines is 1. The number of nitro groups is 1. The number of hydrogen-bond acceptors (Lipinski definition) is 5. The molecule has 1 aromatic carbocycles. The van der Waals surface area contributed by atoms with Gasteiger partial charge in [0, 0.05) is 31.8 Å². The Morgan fingerprint density at radius 1 is 1.57 bits per heavy atom. The summed E-state index contributed by atoms with van der Waals surface area (Å²) in [6.07, 6.45) is -2.93. The van der Waals surface area contributed by atoms with Crippen LogP contribution >= 0.6 is 0 Å². The fraction of sp³-hybridized carbons (Fsp3) is 0.538. The first kappa shape index (κ1) is 15.6. The van der Waals surface area contributed by atoms with Crippen LogP contribution in [0, 0.1) is 10.1 Å². The van der Waals surface area contributed by atoms with Gasteiger partial charge in [-0.05, 0) is 6.07 Å². The Hall–Kier alpha value is -1.80. The summed E-state index contributed by atoms with van der Waals surface area (Å²) in [4.78, 5) is 12.3. The van der Waals surface area contributed by atoms with Crippen LogP contribution in [0.25, 0.3) is 0 Å². The topological polar surface area (TPSA) is 64.8 Å². The minimum Gasteiger partial charge on any atom is -0.382 e. The first-order valence-electron chi connectivity index (χ1n) is 6.45. The maximum atomic E-state index is 12.7. The normalized spacial score (nSPS) is 19.0. The highest BCUT2D eigenvalue weighted by Crippen LogP contribution is 2.33. The predicted octanol–water partition coefficient (Wildman–Crippen LogP) is 2.38. The van der Waals surface area contributed by atoms with Gasteiger partial charge < -0.3 is 14.4 Å². The van der Waals surface area contributed by atoms with Gasteiger partial charge in [0.2, 0.25) is 0 Å². The van der Waals surface area contributed by atoms with Gasteiger partial charge in [-0.3, -0.25) is 10.1 Å². The maximum Gasteiger partial charge on any atom is 0.293 e. The third-order valence-corrected chi connectivity index (χ3v) is 3.28. The average molecular weight is 302 g/mol. The number of benzene rings is 1. The molecule has 0 saturated carbocycles. The lowest BCUT2D eigenvalue weighted by Gasteiger charge is -2.33. The van der Waals surface area contributed by atoms with Gasteiger partial charge in [-0.15, -0.1) is 0 Å². The molecule has 1 atom stereocenters. The number of alkyl halides is 2. The number of morpholine rings is 1. The zero-order valence-electron chi connectivity index (χ0n) is 11.5. The van der Waals surface area contributed by atoms with Gasteiger partial charge in [-0.2, -0.15) is 0 Å². The van der Waals surface area contributed by atoms with E-state index in [1.807, 2.05) is 0 Å². The number of nitrogens with zero attached hydrogens (tertiary/aromatic N) is 2. The summed E-state index contributed by atoms with van der Waals surface area (Å²) in [7, 11) is 1.54. The number of rotatable bonds is 5. The van der Waals surface area contributed by atoms with E-state index in [4.69, 9.17) is 9.47 Å². The summed E-state index contributed by atoms with van der Waals surface area (Å²) in [5.41, 5.74) is -0.341. The third kappa shape index (κ3) is 3.64. The van der Waals surface area contributed by atoms with Crippen molar-refractivity contribution in [1.29, 1.82) is 0 Å². The standard InChI is InChI=1S/C13H16F2N2O4/c1-20-8-10-7-16(4-5-21-10)11-3-2-9(13(14)15)6-12(11)17(18)19/h2-3,6,10,13H,4-5,7-8H2,1H3/t10-/m1/s1. The number of hydrogen-bond donors (Lipinski definition) is 0. The molecule has 6 nitrogen and oxygen atoms in total. The smallest absolute Gasteiger partial charge is 0.293 e. The average Bonchev–Trinajstić information content (AvgIpc) is 2.47. The second-order valence-corrected chi connectivity index (χ2v) is 4.70. The molecule has 1 saturated heterocycles. The van der Waals surface area contributed by atoms with Crippen LogP contribution in [0.4, 0.5) is 20.2 Å². The molecule has 0 amide bonds. The largest absolute Gasteiger partial charge is 0.382 e. The summed E-state index contributed by atoms with van der Waals surface area (Å²) in [5, 5.41) is 11.1. The Bertz CT molecular complexity index is 511. The van der Waals surface area contributed by atoms with E-state index in [1.165, 1.54) is 12.1 Å². The van der Waals surface area contributed by atoms with E-state index in [-0.39, 0.29) is 17.4 Å². The van der Waals surface area contributed by atoms with Gasteiger partial charge in [-0.1, -0.05) is 6.07 Å². The molecular formula is C13H16F2N2O4. The fourth-order valence-corrected chi connectivity index (χ4v) is 2.31. The molecule has 1 fully saturated rings. The molecule has 0 aromatic heterocycles. The minimum atomic E-state index is -2.73. The predicted molar refractivity (Wildman–Crippen MR) is 71.9 cm³/mol. The summed E-state index contributed by atoms with van der Waals surface area (Å²) in [6, 6.07) is 3.52. The van der Waals surface area contributed by atoms with Crippen LogP contribution in [0.3, 0.4) is 0 Å². The van der Waals surface area contributed by atoms with Gasteiger partial charge in [-0.25, -0.2) is 8.78 Å². The molecule has 0 aliphatic carbocycles. The van der Waals surface area contributed by atoms with Crippen molar-refractivity contribution in [3.05, 3.63) is 33.9 Å². The molecule has 0 spiro atoms. The van der Waals surface area contributed by atoms with Crippen LogP contribution in [0.15, 0.2) is 18.2 Å². The van der Waals surface area contributed by atoms with Gasteiger partial charge in [0.1, 0.15) is 5.69 Å². The summed E-state index contributed by atoms with van der Waals surface area (Å²) < 4.78 is 35.8. The molecular weight excluding hydrogens is 286 g/mol. The molecule has 1 heterocycles. The van der Waals surface area contributed by atoms with Crippen LogP contribution < -0.4 is 4.90 Å². The zero-order chi connectivity index (χ0) is 15.4. The summed E-state index contributed by atoms with van der Waals surface area (Å²) in [6.45, 7) is 1.67. The molecule has 116 valence electrons. The van der Waals surface area contributed by atoms with Crippen LogP contribution in [0.5, 0.6) is 0 Å². The van der Waals surface area contributed by atoms with Crippen molar-refractivity contribution in [1.82, 2.24) is 0 Å². The third-order valence-electron chi connectivity index (χ3n) is 3.28. The highest BCUT2D eigenvalue weighted by atomic mass is 19.3. The van der Waals surface area contributed by atoms with Gasteiger partial charge in [0.05, 0.1) is 24.2 Å². The molecule has 0 unspecified atom stereocenters. The Labute approximate surface area is 120 Å². The Balaban J connectivity index is 2.27. The van der Waals surface area contributed by atoms with Crippen LogP contribution in [0.1, 0.15) is 12.0 Å². The van der Waals surface area contributed by atoms with Crippen molar-refractivity contribution in [3.8, 4) is 0 Å². The number of nitro benzene ring substituents is 1. The molecule has 0 bridgehead atoms. The Kier molecular flexibility index (Phi) is 5.03. The Morgan fingerprint density at radius 3 is 2.95 bits per heavy atom. The van der Waals surface area contributed by atoms with Crippen molar-refractivity contribution in [2.45, 2.75) is 12.5 Å². The van der Waals surface area contributed by atoms with Crippen molar-refractivity contribution < 1.29 is 23.2 Å². The Morgan fingerprint density at radius 2 is 2.33 bits per heavy atom. The van der Waals surface area contributed by atoms with Crippen molar-refractivity contribution in [2.24, 2.45) is 0 Å². The SMILES string of the molecule is COC[C@H]1CN(c2ccc(C(F)F)cc2[N+](=O)[O-])CCO1. The monoisotopic (exact) mass is 302 g/mol. The van der Waals surface area contributed by atoms with Gasteiger partial charge in [0.25, 0.3) is 12.1 Å². The van der Waals surface area contributed by atoms with Crippen LogP contribution in [-0.4, -0.2) is 44.4 Å². The quantitative estimate of drug-likeness (QED) is 0.617. The van der Waals surface area contributed by atoms with E-state index >= 15 is 0 Å². The fourth-order valence-electron chi connectivity index (χ4n) is 2.31. The molecule has 0 N–H and O–H groups in total. The van der Waals surface area contributed by atoms with Crippen molar-refractivity contribution >= 4 is 11.4 Å². The molecule has 1 aliphatic rings. The molecule has 21 heavy (non-hydrogen) atoms. The lowest BCUT2D eigenvalue weighted by Crippen LogP contribution is -2.44. The van der Waals surface area contributed by atoms with Gasteiger partial charge >= 0.3 is 0 Å². The highest BCUT2D eigenvalue weighted by molar-refractivity contribution is 5.64. The second-order valence-electron chi connectivity index (χ2n) is 4.70. The van der Waals surface area contributed by atoms with Crippen LogP contribution in [0.2, 0.25) is 0 Å². The van der Waals surface area contributed by atoms with E-state index in [1.54, 1.807) is 12.0 Å². The lowest BCUT2D eigenvalue weighted by molar-refractivity contribution is -0.384. The summed E-state index contributed by atoms with van der Waals surface area (Å²) >= 11 is 0. The molecule has 2 rings (SSSR count). The molecule has 0 radical (unpaired) electrons. The van der Waals surface area contributed by atoms with E-state index in [0.29, 0.717) is 32.0 Å². The lowest BCUT2D eigenvalue weighted by atomic mass is 10.1. The van der Waals surface area contributed by atoms with E-state index < -0.39 is 11.3 Å². The number of methoxy groups -OCH3 is 1. The highest BCUT2D eigenvalue weighted by Gasteiger charge is 2.27. The maximum absolute atomic E-state index is 12.7. The van der Waals surface area contributed by atoms with Crippen molar-refractivity contribution in [3.63, 3.8) is 0 Å². The molecule has 8 heteroatoms. The first-order valence-corrected chi connectivity index (χ1v) is 6.45. The van der Waals surface area contributed by atoms with Gasteiger partial charge in [0.15, 0.2) is 0 Å². The summed E-state index contributed by atoms with van der Waals surface area (Å²) in [5.74, 6) is 0.